The van der Waals surface area contributed by atoms with Crippen LogP contribution in [0.5, 0.6) is 0 Å². The second-order valence-corrected chi connectivity index (χ2v) is 5.92. The van der Waals surface area contributed by atoms with Crippen LogP contribution in [-0.2, 0) is 9.47 Å². The van der Waals surface area contributed by atoms with E-state index in [4.69, 9.17) is 9.47 Å². The maximum Gasteiger partial charge on any atom is 0.210 e. The summed E-state index contributed by atoms with van der Waals surface area (Å²) in [5.41, 5.74) is 0. The van der Waals surface area contributed by atoms with Crippen LogP contribution in [0.1, 0.15) is 59.3 Å². The zero-order chi connectivity index (χ0) is 16.4. The minimum Gasteiger partial charge on any atom is -0.483 e. The summed E-state index contributed by atoms with van der Waals surface area (Å²) in [6.07, 6.45) is 6.59. The van der Waals surface area contributed by atoms with Crippen LogP contribution in [0.2, 0.25) is 0 Å². The Balaban J connectivity index is 2.60. The number of methoxy groups -OCH3 is 2. The highest BCUT2D eigenvalue weighted by atomic mass is 16.5. The van der Waals surface area contributed by atoms with Gasteiger partial charge in [0.25, 0.3) is 0 Å². The number of unbranched alkanes of at least 4 members (excludes halogenated alkanes) is 4. The summed E-state index contributed by atoms with van der Waals surface area (Å²) in [6.45, 7) is 6.43. The van der Waals surface area contributed by atoms with Crippen molar-refractivity contribution in [3.05, 3.63) is 0 Å². The standard InChI is InChI=1S/C18H30N2O2/c1-6-7-8-9-10-11-12-13-15-17(21-4)20-16(14(2)3)18(19-15)22-5/h14-16H,6-10,13H2,1-5H3/t15-,16+/m1/s1. The van der Waals surface area contributed by atoms with Gasteiger partial charge in [-0.15, -0.1) is 11.8 Å². The lowest BCUT2D eigenvalue weighted by atomic mass is 10.0. The van der Waals surface area contributed by atoms with Crippen molar-refractivity contribution in [2.75, 3.05) is 14.2 Å². The number of hydrogen-bond donors (Lipinski definition) is 0. The quantitative estimate of drug-likeness (QED) is 0.552. The maximum absolute atomic E-state index is 5.41. The topological polar surface area (TPSA) is 43.2 Å². The molecule has 0 aromatic heterocycles. The van der Waals surface area contributed by atoms with Crippen LogP contribution in [-0.4, -0.2) is 38.1 Å². The van der Waals surface area contributed by atoms with Crippen molar-refractivity contribution >= 4 is 11.8 Å². The fraction of sp³-hybridized carbons (Fsp3) is 0.778. The third-order valence-electron chi connectivity index (χ3n) is 3.71. The molecule has 2 atom stereocenters. The summed E-state index contributed by atoms with van der Waals surface area (Å²) in [6, 6.07) is -0.198. The van der Waals surface area contributed by atoms with Gasteiger partial charge in [-0.25, -0.2) is 9.98 Å². The number of rotatable bonds is 6. The molecule has 4 nitrogen and oxygen atoms in total. The van der Waals surface area contributed by atoms with Crippen LogP contribution >= 0.6 is 0 Å². The molecule has 1 aliphatic rings. The van der Waals surface area contributed by atoms with Crippen LogP contribution in [0.4, 0.5) is 0 Å². The van der Waals surface area contributed by atoms with E-state index in [1.54, 1.807) is 14.2 Å². The minimum absolute atomic E-state index is 0.0572. The lowest BCUT2D eigenvalue weighted by Crippen LogP contribution is -2.37. The number of aliphatic imine (C=N–C) groups is 2. The van der Waals surface area contributed by atoms with E-state index in [0.29, 0.717) is 24.1 Å². The molecule has 0 aromatic rings. The molecule has 1 aliphatic heterocycles. The van der Waals surface area contributed by atoms with Gasteiger partial charge in [-0.1, -0.05) is 40.0 Å². The van der Waals surface area contributed by atoms with Gasteiger partial charge in [0.1, 0.15) is 12.1 Å². The van der Waals surface area contributed by atoms with Crippen LogP contribution < -0.4 is 0 Å². The van der Waals surface area contributed by atoms with Gasteiger partial charge in [-0.05, 0) is 12.3 Å². The highest BCUT2D eigenvalue weighted by molar-refractivity contribution is 5.94. The first kappa shape index (κ1) is 18.5. The molecule has 1 heterocycles. The molecule has 4 heteroatoms. The van der Waals surface area contributed by atoms with Crippen molar-refractivity contribution < 1.29 is 9.47 Å². The lowest BCUT2D eigenvalue weighted by molar-refractivity contribution is 0.333. The molecule has 0 radical (unpaired) electrons. The fourth-order valence-electron chi connectivity index (χ4n) is 2.39. The molecule has 0 amide bonds. The Morgan fingerprint density at radius 1 is 1.00 bits per heavy atom. The van der Waals surface area contributed by atoms with Gasteiger partial charge in [0, 0.05) is 12.8 Å². The average molecular weight is 306 g/mol. The molecule has 0 aromatic carbocycles. The first-order chi connectivity index (χ1) is 10.6. The zero-order valence-corrected chi connectivity index (χ0v) is 14.7. The summed E-state index contributed by atoms with van der Waals surface area (Å²) in [5, 5.41) is 0. The number of hydrogen-bond acceptors (Lipinski definition) is 4. The van der Waals surface area contributed by atoms with E-state index in [9.17, 15) is 0 Å². The summed E-state index contributed by atoms with van der Waals surface area (Å²) in [5.74, 6) is 8.12. The average Bonchev–Trinajstić information content (AvgIpc) is 2.53. The molecule has 0 saturated heterocycles. The predicted octanol–water partition coefficient (Wildman–Crippen LogP) is 3.85. The van der Waals surface area contributed by atoms with E-state index >= 15 is 0 Å². The summed E-state index contributed by atoms with van der Waals surface area (Å²) in [7, 11) is 3.30. The SMILES string of the molecule is CCCCCCC#CC[C@H]1N=C(OC)[C@H](C(C)C)N=C1OC. The van der Waals surface area contributed by atoms with E-state index in [1.165, 1.54) is 25.7 Å². The maximum atomic E-state index is 5.41. The minimum atomic E-state index is -0.141. The van der Waals surface area contributed by atoms with E-state index in [0.717, 1.165) is 6.42 Å². The Bertz CT molecular complexity index is 444. The summed E-state index contributed by atoms with van der Waals surface area (Å²) in [4.78, 5) is 9.28. The van der Waals surface area contributed by atoms with Gasteiger partial charge in [0.15, 0.2) is 0 Å². The van der Waals surface area contributed by atoms with Crippen molar-refractivity contribution in [2.45, 2.75) is 71.4 Å². The Labute approximate surface area is 135 Å². The highest BCUT2D eigenvalue weighted by Crippen LogP contribution is 2.18. The molecular formula is C18H30N2O2. The fourth-order valence-corrected chi connectivity index (χ4v) is 2.39. The van der Waals surface area contributed by atoms with Crippen molar-refractivity contribution in [3.8, 4) is 11.8 Å². The zero-order valence-electron chi connectivity index (χ0n) is 14.7. The van der Waals surface area contributed by atoms with Crippen LogP contribution in [0.3, 0.4) is 0 Å². The molecule has 0 spiro atoms. The molecular weight excluding hydrogens is 276 g/mol. The Kier molecular flexibility index (Phi) is 8.65. The first-order valence-electron chi connectivity index (χ1n) is 8.33. The molecule has 1 rings (SSSR count). The Hall–Kier alpha value is -1.50. The molecule has 124 valence electrons. The van der Waals surface area contributed by atoms with Gasteiger partial charge >= 0.3 is 0 Å². The molecule has 0 aliphatic carbocycles. The number of ether oxygens (including phenoxy) is 2. The van der Waals surface area contributed by atoms with Crippen molar-refractivity contribution in [3.63, 3.8) is 0 Å². The third-order valence-corrected chi connectivity index (χ3v) is 3.71. The number of nitrogens with zero attached hydrogens (tertiary/aromatic N) is 2. The molecule has 0 bridgehead atoms. The summed E-state index contributed by atoms with van der Waals surface area (Å²) < 4.78 is 10.8. The Morgan fingerprint density at radius 2 is 1.73 bits per heavy atom. The van der Waals surface area contributed by atoms with Gasteiger partial charge < -0.3 is 9.47 Å². The third kappa shape index (κ3) is 5.71. The van der Waals surface area contributed by atoms with Crippen LogP contribution in [0.25, 0.3) is 0 Å². The monoisotopic (exact) mass is 306 g/mol. The second kappa shape index (κ2) is 10.3. The smallest absolute Gasteiger partial charge is 0.210 e. The van der Waals surface area contributed by atoms with Crippen molar-refractivity contribution in [2.24, 2.45) is 15.9 Å². The van der Waals surface area contributed by atoms with Gasteiger partial charge in [-0.2, -0.15) is 0 Å². The van der Waals surface area contributed by atoms with Gasteiger partial charge in [-0.3, -0.25) is 0 Å². The van der Waals surface area contributed by atoms with Gasteiger partial charge in [0.2, 0.25) is 11.8 Å². The molecule has 0 unspecified atom stereocenters. The van der Waals surface area contributed by atoms with Crippen LogP contribution in [0.15, 0.2) is 9.98 Å². The normalized spacial score (nSPS) is 20.8. The summed E-state index contributed by atoms with van der Waals surface area (Å²) >= 11 is 0. The molecule has 0 saturated carbocycles. The van der Waals surface area contributed by atoms with E-state index in [-0.39, 0.29) is 12.1 Å². The van der Waals surface area contributed by atoms with E-state index in [2.05, 4.69) is 42.6 Å². The van der Waals surface area contributed by atoms with Crippen LogP contribution in [0, 0.1) is 17.8 Å². The predicted molar refractivity (Wildman–Crippen MR) is 92.5 cm³/mol. The first-order valence-corrected chi connectivity index (χ1v) is 8.33. The lowest BCUT2D eigenvalue weighted by Gasteiger charge is -2.26. The van der Waals surface area contributed by atoms with Gasteiger partial charge in [0.05, 0.1) is 14.2 Å². The molecule has 22 heavy (non-hydrogen) atoms. The molecule has 0 fully saturated rings. The second-order valence-electron chi connectivity index (χ2n) is 5.92. The highest BCUT2D eigenvalue weighted by Gasteiger charge is 2.30. The van der Waals surface area contributed by atoms with E-state index < -0.39 is 0 Å². The Morgan fingerprint density at radius 3 is 2.32 bits per heavy atom. The molecule has 0 N–H and O–H groups in total. The largest absolute Gasteiger partial charge is 0.483 e. The van der Waals surface area contributed by atoms with Crippen molar-refractivity contribution in [1.29, 1.82) is 0 Å². The van der Waals surface area contributed by atoms with E-state index in [1.807, 2.05) is 0 Å². The van der Waals surface area contributed by atoms with Crippen molar-refractivity contribution in [1.82, 2.24) is 0 Å².